The minimum atomic E-state index is -0.0616. The lowest BCUT2D eigenvalue weighted by atomic mass is 10.1. The molecule has 0 aliphatic heterocycles. The van der Waals surface area contributed by atoms with E-state index in [0.29, 0.717) is 23.5 Å². The number of carbonyl (C=O) groups is 1. The Kier molecular flexibility index (Phi) is 3.93. The van der Waals surface area contributed by atoms with E-state index >= 15 is 0 Å². The molecule has 0 fully saturated rings. The number of anilines is 2. The fraction of sp³-hybridized carbons (Fsp3) is 0.286. The van der Waals surface area contributed by atoms with Crippen LogP contribution in [0.3, 0.4) is 0 Å². The van der Waals surface area contributed by atoms with Crippen molar-refractivity contribution in [2.24, 2.45) is 7.05 Å². The van der Waals surface area contributed by atoms with Crippen molar-refractivity contribution in [3.8, 4) is 0 Å². The lowest BCUT2D eigenvalue weighted by Crippen LogP contribution is -2.23. The summed E-state index contributed by atoms with van der Waals surface area (Å²) in [5, 5.41) is 7.50. The van der Waals surface area contributed by atoms with Gasteiger partial charge in [0.25, 0.3) is 5.91 Å². The summed E-state index contributed by atoms with van der Waals surface area (Å²) >= 11 is 0. The van der Waals surface area contributed by atoms with Gasteiger partial charge in [0.15, 0.2) is 0 Å². The van der Waals surface area contributed by atoms with Crippen molar-refractivity contribution in [3.63, 3.8) is 0 Å². The van der Waals surface area contributed by atoms with Crippen LogP contribution in [0.5, 0.6) is 0 Å². The molecule has 2 aromatic rings. The number of nitrogens with one attached hydrogen (secondary N) is 1. The number of carbonyl (C=O) groups excluding carboxylic acids is 1. The molecule has 1 aromatic carbocycles. The van der Waals surface area contributed by atoms with Gasteiger partial charge in [-0.3, -0.25) is 9.48 Å². The molecule has 0 atom stereocenters. The molecule has 6 nitrogen and oxygen atoms in total. The Labute approximate surface area is 118 Å². The van der Waals surface area contributed by atoms with Crippen molar-refractivity contribution < 1.29 is 4.79 Å². The lowest BCUT2D eigenvalue weighted by molar-refractivity contribution is 0.0828. The maximum absolute atomic E-state index is 12.1. The molecule has 2 rings (SSSR count). The normalized spacial score (nSPS) is 10.3. The average Bonchev–Trinajstić information content (AvgIpc) is 2.81. The van der Waals surface area contributed by atoms with Crippen molar-refractivity contribution in [2.75, 3.05) is 25.1 Å². The Morgan fingerprint density at radius 1 is 1.40 bits per heavy atom. The molecule has 1 heterocycles. The van der Waals surface area contributed by atoms with Gasteiger partial charge in [0.2, 0.25) is 0 Å². The number of amides is 1. The summed E-state index contributed by atoms with van der Waals surface area (Å²) in [4.78, 5) is 13.7. The quantitative estimate of drug-likeness (QED) is 0.824. The van der Waals surface area contributed by atoms with E-state index in [-0.39, 0.29) is 5.91 Å². The lowest BCUT2D eigenvalue weighted by Gasteiger charge is -2.15. The number of nitrogen functional groups attached to an aromatic ring is 1. The number of hydrogen-bond acceptors (Lipinski definition) is 4. The first-order valence-electron chi connectivity index (χ1n) is 6.31. The molecular weight excluding hydrogens is 254 g/mol. The van der Waals surface area contributed by atoms with Gasteiger partial charge >= 0.3 is 0 Å². The van der Waals surface area contributed by atoms with Crippen LogP contribution in [0.1, 0.15) is 16.1 Å². The van der Waals surface area contributed by atoms with Gasteiger partial charge in [-0.1, -0.05) is 0 Å². The first-order chi connectivity index (χ1) is 9.47. The van der Waals surface area contributed by atoms with Crippen molar-refractivity contribution in [3.05, 3.63) is 41.7 Å². The van der Waals surface area contributed by atoms with Crippen LogP contribution in [-0.4, -0.2) is 34.7 Å². The zero-order valence-electron chi connectivity index (χ0n) is 11.9. The Bertz CT molecular complexity index is 618. The van der Waals surface area contributed by atoms with Gasteiger partial charge < -0.3 is 16.0 Å². The second-order valence-corrected chi connectivity index (χ2v) is 4.84. The minimum Gasteiger partial charge on any atom is -0.399 e. The zero-order chi connectivity index (χ0) is 14.7. The Morgan fingerprint density at radius 2 is 2.15 bits per heavy atom. The Morgan fingerprint density at radius 3 is 2.75 bits per heavy atom. The summed E-state index contributed by atoms with van der Waals surface area (Å²) in [6, 6.07) is 7.15. The summed E-state index contributed by atoms with van der Waals surface area (Å²) in [5.41, 5.74) is 8.62. The van der Waals surface area contributed by atoms with E-state index in [1.807, 2.05) is 19.3 Å². The summed E-state index contributed by atoms with van der Waals surface area (Å²) in [6.07, 6.45) is 1.88. The van der Waals surface area contributed by atoms with Gasteiger partial charge in [-0.2, -0.15) is 5.10 Å². The fourth-order valence-corrected chi connectivity index (χ4v) is 1.88. The topological polar surface area (TPSA) is 76.2 Å². The van der Waals surface area contributed by atoms with Crippen LogP contribution in [0, 0.1) is 0 Å². The maximum atomic E-state index is 12.1. The van der Waals surface area contributed by atoms with Crippen LogP contribution in [0.15, 0.2) is 30.5 Å². The van der Waals surface area contributed by atoms with E-state index in [1.54, 1.807) is 37.0 Å². The number of aromatic nitrogens is 2. The third-order valence-electron chi connectivity index (χ3n) is 2.91. The third kappa shape index (κ3) is 3.09. The molecule has 1 amide bonds. The summed E-state index contributed by atoms with van der Waals surface area (Å²) in [7, 11) is 5.31. The predicted octanol–water partition coefficient (Wildman–Crippen LogP) is 1.32. The highest BCUT2D eigenvalue weighted by atomic mass is 16.2. The molecule has 0 saturated heterocycles. The van der Waals surface area contributed by atoms with Crippen LogP contribution in [0.4, 0.5) is 11.4 Å². The number of rotatable bonds is 4. The van der Waals surface area contributed by atoms with Gasteiger partial charge in [-0.05, 0) is 24.3 Å². The van der Waals surface area contributed by atoms with E-state index < -0.39 is 0 Å². The largest absolute Gasteiger partial charge is 0.399 e. The van der Waals surface area contributed by atoms with Crippen molar-refractivity contribution >= 4 is 17.3 Å². The molecule has 1 aromatic heterocycles. The third-order valence-corrected chi connectivity index (χ3v) is 2.91. The second-order valence-electron chi connectivity index (χ2n) is 4.84. The highest BCUT2D eigenvalue weighted by Crippen LogP contribution is 2.21. The van der Waals surface area contributed by atoms with Crippen LogP contribution >= 0.6 is 0 Å². The first-order valence-corrected chi connectivity index (χ1v) is 6.31. The highest BCUT2D eigenvalue weighted by molar-refractivity contribution is 5.99. The molecule has 0 bridgehead atoms. The van der Waals surface area contributed by atoms with Gasteiger partial charge in [0.05, 0.1) is 17.8 Å². The predicted molar refractivity (Wildman–Crippen MR) is 79.4 cm³/mol. The summed E-state index contributed by atoms with van der Waals surface area (Å²) in [5.74, 6) is -0.0616. The van der Waals surface area contributed by atoms with Gasteiger partial charge in [-0.25, -0.2) is 0 Å². The summed E-state index contributed by atoms with van der Waals surface area (Å²) < 4.78 is 1.74. The van der Waals surface area contributed by atoms with Crippen molar-refractivity contribution in [2.45, 2.75) is 6.54 Å². The smallest absolute Gasteiger partial charge is 0.255 e. The monoisotopic (exact) mass is 273 g/mol. The zero-order valence-corrected chi connectivity index (χ0v) is 11.9. The van der Waals surface area contributed by atoms with E-state index in [9.17, 15) is 4.79 Å². The van der Waals surface area contributed by atoms with Crippen molar-refractivity contribution in [1.82, 2.24) is 14.7 Å². The second kappa shape index (κ2) is 5.64. The van der Waals surface area contributed by atoms with Crippen LogP contribution < -0.4 is 11.1 Å². The van der Waals surface area contributed by atoms with Crippen LogP contribution in [0.2, 0.25) is 0 Å². The molecule has 0 spiro atoms. The van der Waals surface area contributed by atoms with Crippen LogP contribution in [0.25, 0.3) is 0 Å². The minimum absolute atomic E-state index is 0.0616. The SMILES string of the molecule is CN(C)C(=O)c1ccc(N)cc1NCc1ccn(C)n1. The van der Waals surface area contributed by atoms with E-state index in [0.717, 1.165) is 5.69 Å². The van der Waals surface area contributed by atoms with E-state index in [4.69, 9.17) is 5.73 Å². The summed E-state index contributed by atoms with van der Waals surface area (Å²) in [6.45, 7) is 0.540. The average molecular weight is 273 g/mol. The van der Waals surface area contributed by atoms with Crippen molar-refractivity contribution in [1.29, 1.82) is 0 Å². The first kappa shape index (κ1) is 13.9. The molecular formula is C14H19N5O. The van der Waals surface area contributed by atoms with E-state index in [1.165, 1.54) is 4.90 Å². The number of nitrogens with two attached hydrogens (primary N) is 1. The van der Waals surface area contributed by atoms with Gasteiger partial charge in [0.1, 0.15) is 0 Å². The number of benzene rings is 1. The van der Waals surface area contributed by atoms with Gasteiger partial charge in [-0.15, -0.1) is 0 Å². The van der Waals surface area contributed by atoms with Gasteiger partial charge in [0, 0.05) is 38.7 Å². The molecule has 0 unspecified atom stereocenters. The molecule has 0 radical (unpaired) electrons. The fourth-order valence-electron chi connectivity index (χ4n) is 1.88. The standard InChI is InChI=1S/C14H19N5O/c1-18(2)14(20)12-5-4-10(15)8-13(12)16-9-11-6-7-19(3)17-11/h4-8,16H,9,15H2,1-3H3. The molecule has 20 heavy (non-hydrogen) atoms. The molecule has 106 valence electrons. The molecule has 0 aliphatic carbocycles. The Balaban J connectivity index is 2.21. The van der Waals surface area contributed by atoms with E-state index in [2.05, 4.69) is 10.4 Å². The molecule has 0 saturated carbocycles. The maximum Gasteiger partial charge on any atom is 0.255 e. The molecule has 3 N–H and O–H groups in total. The molecule has 6 heteroatoms. The number of aryl methyl sites for hydroxylation is 1. The molecule has 0 aliphatic rings. The number of hydrogen-bond donors (Lipinski definition) is 2. The van der Waals surface area contributed by atoms with Crippen LogP contribution in [-0.2, 0) is 13.6 Å². The number of nitrogens with zero attached hydrogens (tertiary/aromatic N) is 3. The Hall–Kier alpha value is -2.50. The highest BCUT2D eigenvalue weighted by Gasteiger charge is 2.13.